The van der Waals surface area contributed by atoms with Crippen LogP contribution in [0, 0.1) is 15.5 Å². The predicted octanol–water partition coefficient (Wildman–Crippen LogP) is 3.58. The number of aldehydes is 1. The molecule has 0 bridgehead atoms. The Morgan fingerprint density at radius 3 is 2.38 bits per heavy atom. The minimum Gasteiger partial charge on any atom is -0.387 e. The Balaban J connectivity index is 2.91. The molecule has 0 aliphatic heterocycles. The highest BCUT2D eigenvalue weighted by molar-refractivity contribution is 5.60. The summed E-state index contributed by atoms with van der Waals surface area (Å²) in [6.07, 6.45) is 3.00. The Bertz CT molecular complexity index is 532. The lowest BCUT2D eigenvalue weighted by Gasteiger charge is -2.29. The number of nitro groups is 1. The Kier molecular flexibility index (Phi) is 5.79. The van der Waals surface area contributed by atoms with Gasteiger partial charge in [-0.3, -0.25) is 10.1 Å². The first-order valence-corrected chi connectivity index (χ1v) is 6.82. The second-order valence-electron chi connectivity index (χ2n) is 5.69. The maximum absolute atomic E-state index is 11.4. The van der Waals surface area contributed by atoms with Gasteiger partial charge in [0.1, 0.15) is 6.29 Å². The number of carbonyl (C=O) groups excluding carboxylic acids is 1. The van der Waals surface area contributed by atoms with E-state index in [-0.39, 0.29) is 5.69 Å². The van der Waals surface area contributed by atoms with E-state index in [9.17, 15) is 20.0 Å². The first kappa shape index (κ1) is 17.0. The number of rotatable bonds is 7. The Morgan fingerprint density at radius 1 is 1.38 bits per heavy atom. The van der Waals surface area contributed by atoms with Gasteiger partial charge >= 0.3 is 0 Å². The molecule has 0 amide bonds. The zero-order valence-electron chi connectivity index (χ0n) is 12.6. The maximum atomic E-state index is 11.4. The molecule has 1 aromatic carbocycles. The van der Waals surface area contributed by atoms with Crippen LogP contribution in [0.15, 0.2) is 35.9 Å². The van der Waals surface area contributed by atoms with Crippen LogP contribution in [0.1, 0.15) is 45.3 Å². The minimum absolute atomic E-state index is 0.0386. The molecule has 114 valence electrons. The Hall–Kier alpha value is -2.01. The van der Waals surface area contributed by atoms with E-state index >= 15 is 0 Å². The molecular weight excluding hydrogens is 270 g/mol. The lowest BCUT2D eigenvalue weighted by molar-refractivity contribution is -0.384. The molecule has 1 N–H and O–H groups in total. The second kappa shape index (κ2) is 7.13. The van der Waals surface area contributed by atoms with E-state index in [1.54, 1.807) is 6.92 Å². The summed E-state index contributed by atoms with van der Waals surface area (Å²) in [5.74, 6) is 0. The van der Waals surface area contributed by atoms with E-state index in [4.69, 9.17) is 0 Å². The van der Waals surface area contributed by atoms with Gasteiger partial charge in [0, 0.05) is 12.1 Å². The zero-order valence-corrected chi connectivity index (χ0v) is 12.6. The number of allylic oxidation sites excluding steroid dienone is 2. The average molecular weight is 291 g/mol. The van der Waals surface area contributed by atoms with Crippen molar-refractivity contribution in [2.45, 2.75) is 39.7 Å². The lowest BCUT2D eigenvalue weighted by atomic mass is 9.78. The fourth-order valence-electron chi connectivity index (χ4n) is 2.09. The van der Waals surface area contributed by atoms with E-state index in [1.807, 2.05) is 19.9 Å². The van der Waals surface area contributed by atoms with Gasteiger partial charge in [0.15, 0.2) is 0 Å². The van der Waals surface area contributed by atoms with Crippen LogP contribution < -0.4 is 0 Å². The molecule has 0 fully saturated rings. The van der Waals surface area contributed by atoms with Crippen LogP contribution in [-0.4, -0.2) is 16.3 Å². The molecule has 21 heavy (non-hydrogen) atoms. The lowest BCUT2D eigenvalue weighted by Crippen LogP contribution is -2.27. The van der Waals surface area contributed by atoms with E-state index in [0.717, 1.165) is 11.9 Å². The van der Waals surface area contributed by atoms with Gasteiger partial charge in [-0.05, 0) is 44.4 Å². The van der Waals surface area contributed by atoms with Crippen LogP contribution in [0.2, 0.25) is 0 Å². The second-order valence-corrected chi connectivity index (χ2v) is 5.69. The summed E-state index contributed by atoms with van der Waals surface area (Å²) in [7, 11) is 0. The molecular formula is C16H21NO4. The Labute approximate surface area is 124 Å². The monoisotopic (exact) mass is 291 g/mol. The quantitative estimate of drug-likeness (QED) is 0.360. The van der Waals surface area contributed by atoms with Crippen molar-refractivity contribution in [1.82, 2.24) is 0 Å². The molecule has 0 saturated carbocycles. The average Bonchev–Trinajstić information content (AvgIpc) is 2.46. The molecule has 0 aliphatic rings. The molecule has 0 aliphatic carbocycles. The molecule has 0 spiro atoms. The molecule has 0 unspecified atom stereocenters. The summed E-state index contributed by atoms with van der Waals surface area (Å²) >= 11 is 0. The van der Waals surface area contributed by atoms with Crippen LogP contribution >= 0.6 is 0 Å². The number of aliphatic hydroxyl groups excluding tert-OH is 1. The van der Waals surface area contributed by atoms with Crippen LogP contribution in [0.3, 0.4) is 0 Å². The molecule has 0 aromatic heterocycles. The maximum Gasteiger partial charge on any atom is 0.269 e. The van der Waals surface area contributed by atoms with Crippen LogP contribution in [0.25, 0.3) is 0 Å². The van der Waals surface area contributed by atoms with E-state index in [0.29, 0.717) is 18.4 Å². The van der Waals surface area contributed by atoms with Gasteiger partial charge < -0.3 is 9.90 Å². The van der Waals surface area contributed by atoms with Crippen molar-refractivity contribution in [3.8, 4) is 0 Å². The first-order chi connectivity index (χ1) is 9.80. The standard InChI is InChI=1S/C16H21NO4/c1-12(2)5-4-10-16(3,11-18)15(19)13-6-8-14(9-7-13)17(20)21/h5-9,11,15,19H,4,10H2,1-3H3/t15-,16+/m0/s1. The van der Waals surface area contributed by atoms with Gasteiger partial charge in [-0.25, -0.2) is 0 Å². The Morgan fingerprint density at radius 2 is 1.95 bits per heavy atom. The summed E-state index contributed by atoms with van der Waals surface area (Å²) in [5.41, 5.74) is 0.714. The highest BCUT2D eigenvalue weighted by Gasteiger charge is 2.33. The number of non-ortho nitro benzene ring substituents is 1. The third kappa shape index (κ3) is 4.49. The third-order valence-electron chi connectivity index (χ3n) is 3.55. The van der Waals surface area contributed by atoms with Crippen LogP contribution in [0.5, 0.6) is 0 Å². The molecule has 0 heterocycles. The normalized spacial score (nSPS) is 14.9. The molecule has 1 rings (SSSR count). The highest BCUT2D eigenvalue weighted by atomic mass is 16.6. The van der Waals surface area contributed by atoms with Gasteiger partial charge in [-0.2, -0.15) is 0 Å². The summed E-state index contributed by atoms with van der Waals surface area (Å²) in [4.78, 5) is 21.5. The van der Waals surface area contributed by atoms with Gasteiger partial charge in [0.25, 0.3) is 5.69 Å². The third-order valence-corrected chi connectivity index (χ3v) is 3.55. The topological polar surface area (TPSA) is 80.4 Å². The van der Waals surface area contributed by atoms with Crippen molar-refractivity contribution in [3.63, 3.8) is 0 Å². The number of nitro benzene ring substituents is 1. The molecule has 5 heteroatoms. The van der Waals surface area contributed by atoms with Crippen molar-refractivity contribution in [2.24, 2.45) is 5.41 Å². The fraction of sp³-hybridized carbons (Fsp3) is 0.438. The highest BCUT2D eigenvalue weighted by Crippen LogP contribution is 2.36. The summed E-state index contributed by atoms with van der Waals surface area (Å²) < 4.78 is 0. The van der Waals surface area contributed by atoms with Crippen molar-refractivity contribution >= 4 is 12.0 Å². The van der Waals surface area contributed by atoms with E-state index in [2.05, 4.69) is 0 Å². The van der Waals surface area contributed by atoms with Gasteiger partial charge in [0.2, 0.25) is 0 Å². The summed E-state index contributed by atoms with van der Waals surface area (Å²) in [5, 5.41) is 21.0. The van der Waals surface area contributed by atoms with Gasteiger partial charge in [-0.1, -0.05) is 18.6 Å². The van der Waals surface area contributed by atoms with Crippen molar-refractivity contribution < 1.29 is 14.8 Å². The minimum atomic E-state index is -0.985. The van der Waals surface area contributed by atoms with Gasteiger partial charge in [0.05, 0.1) is 16.4 Å². The largest absolute Gasteiger partial charge is 0.387 e. The summed E-state index contributed by atoms with van der Waals surface area (Å²) in [6, 6.07) is 5.65. The number of benzene rings is 1. The number of hydrogen-bond acceptors (Lipinski definition) is 4. The fourth-order valence-corrected chi connectivity index (χ4v) is 2.09. The smallest absolute Gasteiger partial charge is 0.269 e. The van der Waals surface area contributed by atoms with Crippen molar-refractivity contribution in [3.05, 3.63) is 51.6 Å². The number of aliphatic hydroxyl groups is 1. The van der Waals surface area contributed by atoms with Crippen LogP contribution in [-0.2, 0) is 4.79 Å². The van der Waals surface area contributed by atoms with E-state index in [1.165, 1.54) is 24.3 Å². The molecule has 5 nitrogen and oxygen atoms in total. The molecule has 1 aromatic rings. The summed E-state index contributed by atoms with van der Waals surface area (Å²) in [6.45, 7) is 5.65. The van der Waals surface area contributed by atoms with Crippen molar-refractivity contribution in [2.75, 3.05) is 0 Å². The van der Waals surface area contributed by atoms with E-state index < -0.39 is 16.4 Å². The first-order valence-electron chi connectivity index (χ1n) is 6.82. The molecule has 0 radical (unpaired) electrons. The zero-order chi connectivity index (χ0) is 16.0. The molecule has 2 atom stereocenters. The number of hydrogen-bond donors (Lipinski definition) is 1. The number of carbonyl (C=O) groups is 1. The predicted molar refractivity (Wildman–Crippen MR) is 80.9 cm³/mol. The molecule has 0 saturated heterocycles. The van der Waals surface area contributed by atoms with Crippen LogP contribution in [0.4, 0.5) is 5.69 Å². The number of nitrogens with zero attached hydrogens (tertiary/aromatic N) is 1. The van der Waals surface area contributed by atoms with Gasteiger partial charge in [-0.15, -0.1) is 0 Å². The van der Waals surface area contributed by atoms with Crippen molar-refractivity contribution in [1.29, 1.82) is 0 Å². The SMILES string of the molecule is CC(C)=CCC[C@](C)(C=O)[C@@H](O)c1ccc([N+](=O)[O-])cc1.